The van der Waals surface area contributed by atoms with Gasteiger partial charge in [0.05, 0.1) is 15.7 Å². The zero-order chi connectivity index (χ0) is 14.5. The first-order valence-electron chi connectivity index (χ1n) is 6.49. The van der Waals surface area contributed by atoms with E-state index in [9.17, 15) is 4.21 Å². The molecule has 0 bridgehead atoms. The number of allylic oxidation sites excluding steroid dienone is 1. The Morgan fingerprint density at radius 1 is 1.60 bits per heavy atom. The molecule has 6 heteroatoms. The summed E-state index contributed by atoms with van der Waals surface area (Å²) >= 11 is 0. The van der Waals surface area contributed by atoms with Crippen LogP contribution in [0.4, 0.5) is 0 Å². The third-order valence-corrected chi connectivity index (χ3v) is 4.51. The van der Waals surface area contributed by atoms with E-state index < -0.39 is 10.8 Å². The lowest BCUT2D eigenvalue weighted by Gasteiger charge is -2.03. The van der Waals surface area contributed by atoms with E-state index >= 15 is 0 Å². The van der Waals surface area contributed by atoms with Crippen molar-refractivity contribution in [1.82, 2.24) is 9.97 Å². The molecule has 1 unspecified atom stereocenters. The number of hydrogen-bond acceptors (Lipinski definition) is 4. The minimum atomic E-state index is -1.03. The summed E-state index contributed by atoms with van der Waals surface area (Å²) in [5, 5.41) is 8.21. The molecule has 20 heavy (non-hydrogen) atoms. The van der Waals surface area contributed by atoms with Gasteiger partial charge in [0.2, 0.25) is 0 Å². The quantitative estimate of drug-likeness (QED) is 0.713. The number of unbranched alkanes of at least 4 members (excludes halogenated alkanes) is 1. The number of nitrogens with zero attached hydrogens (tertiary/aromatic N) is 1. The van der Waals surface area contributed by atoms with E-state index in [4.69, 9.17) is 11.1 Å². The first kappa shape index (κ1) is 14.5. The molecule has 4 N–H and O–H groups in total. The minimum absolute atomic E-state index is 0.606. The fourth-order valence-electron chi connectivity index (χ4n) is 1.96. The van der Waals surface area contributed by atoms with E-state index in [1.54, 1.807) is 12.4 Å². The van der Waals surface area contributed by atoms with Crippen molar-refractivity contribution in [3.05, 3.63) is 30.2 Å². The van der Waals surface area contributed by atoms with Gasteiger partial charge in [0, 0.05) is 47.1 Å². The highest BCUT2D eigenvalue weighted by Gasteiger charge is 2.11. The number of hydrogen-bond donors (Lipinski definition) is 3. The van der Waals surface area contributed by atoms with Crippen molar-refractivity contribution in [2.45, 2.75) is 24.7 Å². The van der Waals surface area contributed by atoms with Crippen LogP contribution in [0.1, 0.15) is 25.3 Å². The molecule has 0 radical (unpaired) electrons. The van der Waals surface area contributed by atoms with E-state index in [0.717, 1.165) is 23.8 Å². The van der Waals surface area contributed by atoms with Gasteiger partial charge in [0.1, 0.15) is 5.65 Å². The van der Waals surface area contributed by atoms with Gasteiger partial charge in [-0.3, -0.25) is 4.21 Å². The fourth-order valence-corrected chi connectivity index (χ4v) is 3.16. The molecule has 0 aromatic carbocycles. The Morgan fingerprint density at radius 2 is 2.40 bits per heavy atom. The number of nitrogens with one attached hydrogen (secondary N) is 2. The van der Waals surface area contributed by atoms with Gasteiger partial charge in [0.15, 0.2) is 0 Å². The van der Waals surface area contributed by atoms with Crippen LogP contribution in [0.5, 0.6) is 0 Å². The Kier molecular flexibility index (Phi) is 4.68. The zero-order valence-corrected chi connectivity index (χ0v) is 12.2. The number of aromatic nitrogens is 2. The maximum atomic E-state index is 12.2. The SMILES string of the molecule is CCCCS(=O)c1cnc2[nH]cc(C(C=N)=CN)c2c1. The summed E-state index contributed by atoms with van der Waals surface area (Å²) < 4.78 is 12.2. The molecule has 0 amide bonds. The third kappa shape index (κ3) is 2.80. The van der Waals surface area contributed by atoms with E-state index in [1.165, 1.54) is 12.4 Å². The molecule has 2 aromatic heterocycles. The molecule has 5 nitrogen and oxygen atoms in total. The monoisotopic (exact) mass is 290 g/mol. The molecule has 2 aromatic rings. The lowest BCUT2D eigenvalue weighted by Crippen LogP contribution is -1.98. The minimum Gasteiger partial charge on any atom is -0.404 e. The summed E-state index contributed by atoms with van der Waals surface area (Å²) in [6.07, 6.45) is 7.94. The summed E-state index contributed by atoms with van der Waals surface area (Å²) in [7, 11) is -1.03. The number of aromatic amines is 1. The molecule has 0 aliphatic carbocycles. The maximum Gasteiger partial charge on any atom is 0.137 e. The van der Waals surface area contributed by atoms with Gasteiger partial charge in [0.25, 0.3) is 0 Å². The standard InChI is InChI=1S/C14H18N4OS/c1-2-3-4-20(19)11-5-12-13(10(6-15)7-16)9-18-14(12)17-8-11/h5-9,15H,2-4,16H2,1H3,(H,17,18). The lowest BCUT2D eigenvalue weighted by atomic mass is 10.1. The van der Waals surface area contributed by atoms with Crippen LogP contribution in [0.25, 0.3) is 16.6 Å². The summed E-state index contributed by atoms with van der Waals surface area (Å²) in [6.45, 7) is 2.07. The summed E-state index contributed by atoms with van der Waals surface area (Å²) in [5.74, 6) is 0.646. The second-order valence-electron chi connectivity index (χ2n) is 4.44. The summed E-state index contributed by atoms with van der Waals surface area (Å²) in [4.78, 5) is 8.04. The van der Waals surface area contributed by atoms with Crippen molar-refractivity contribution < 1.29 is 4.21 Å². The average Bonchev–Trinajstić information content (AvgIpc) is 2.89. The number of fused-ring (bicyclic) bond motifs is 1. The Hall–Kier alpha value is -1.95. The first-order chi connectivity index (χ1) is 9.71. The molecular weight excluding hydrogens is 272 g/mol. The molecule has 0 aliphatic rings. The van der Waals surface area contributed by atoms with Gasteiger partial charge in [-0.05, 0) is 12.5 Å². The van der Waals surface area contributed by atoms with Crippen LogP contribution in [-0.4, -0.2) is 26.1 Å². The van der Waals surface area contributed by atoms with Crippen molar-refractivity contribution in [1.29, 1.82) is 5.41 Å². The van der Waals surface area contributed by atoms with Gasteiger partial charge < -0.3 is 16.1 Å². The molecular formula is C14H18N4OS. The highest BCUT2D eigenvalue weighted by Crippen LogP contribution is 2.24. The molecule has 0 saturated carbocycles. The Bertz CT molecular complexity index is 675. The summed E-state index contributed by atoms with van der Waals surface area (Å²) in [6, 6.07) is 1.87. The van der Waals surface area contributed by atoms with Crippen LogP contribution in [0.15, 0.2) is 29.6 Å². The van der Waals surface area contributed by atoms with Gasteiger partial charge in [-0.1, -0.05) is 13.3 Å². The van der Waals surface area contributed by atoms with Crippen LogP contribution < -0.4 is 5.73 Å². The van der Waals surface area contributed by atoms with Crippen molar-refractivity contribution in [3.8, 4) is 0 Å². The summed E-state index contributed by atoms with van der Waals surface area (Å²) in [5.41, 5.74) is 7.64. The molecule has 0 saturated heterocycles. The van der Waals surface area contributed by atoms with Crippen LogP contribution in [0.3, 0.4) is 0 Å². The zero-order valence-electron chi connectivity index (χ0n) is 11.3. The molecule has 2 heterocycles. The number of pyridine rings is 1. The first-order valence-corrected chi connectivity index (χ1v) is 7.81. The normalized spacial score (nSPS) is 13.6. The smallest absolute Gasteiger partial charge is 0.137 e. The van der Waals surface area contributed by atoms with E-state index in [1.807, 2.05) is 6.07 Å². The highest BCUT2D eigenvalue weighted by molar-refractivity contribution is 7.85. The molecule has 2 rings (SSSR count). The molecule has 0 aliphatic heterocycles. The molecule has 106 valence electrons. The Labute approximate surface area is 120 Å². The predicted octanol–water partition coefficient (Wildman–Crippen LogP) is 2.42. The van der Waals surface area contributed by atoms with E-state index in [0.29, 0.717) is 21.9 Å². The molecule has 1 atom stereocenters. The van der Waals surface area contributed by atoms with Crippen molar-refractivity contribution in [3.63, 3.8) is 0 Å². The van der Waals surface area contributed by atoms with Gasteiger partial charge in [-0.25, -0.2) is 4.98 Å². The molecule has 0 spiro atoms. The Balaban J connectivity index is 2.44. The largest absolute Gasteiger partial charge is 0.404 e. The van der Waals surface area contributed by atoms with Crippen LogP contribution in [-0.2, 0) is 10.8 Å². The second kappa shape index (κ2) is 6.47. The third-order valence-electron chi connectivity index (χ3n) is 3.10. The average molecular weight is 290 g/mol. The maximum absolute atomic E-state index is 12.2. The Morgan fingerprint density at radius 3 is 3.05 bits per heavy atom. The highest BCUT2D eigenvalue weighted by atomic mass is 32.2. The number of nitrogens with two attached hydrogens (primary N) is 1. The van der Waals surface area contributed by atoms with Crippen molar-refractivity contribution >= 4 is 33.6 Å². The second-order valence-corrected chi connectivity index (χ2v) is 6.01. The van der Waals surface area contributed by atoms with Gasteiger partial charge >= 0.3 is 0 Å². The number of rotatable bonds is 6. The fraction of sp³-hybridized carbons (Fsp3) is 0.286. The van der Waals surface area contributed by atoms with Gasteiger partial charge in [-0.2, -0.15) is 0 Å². The van der Waals surface area contributed by atoms with Gasteiger partial charge in [-0.15, -0.1) is 0 Å². The van der Waals surface area contributed by atoms with E-state index in [2.05, 4.69) is 16.9 Å². The predicted molar refractivity (Wildman–Crippen MR) is 83.2 cm³/mol. The van der Waals surface area contributed by atoms with Crippen LogP contribution in [0.2, 0.25) is 0 Å². The lowest BCUT2D eigenvalue weighted by molar-refractivity contribution is 0.679. The van der Waals surface area contributed by atoms with Crippen molar-refractivity contribution in [2.24, 2.45) is 5.73 Å². The van der Waals surface area contributed by atoms with Crippen LogP contribution >= 0.6 is 0 Å². The topological polar surface area (TPSA) is 95.6 Å². The number of H-pyrrole nitrogens is 1. The van der Waals surface area contributed by atoms with Crippen molar-refractivity contribution in [2.75, 3.05) is 5.75 Å². The van der Waals surface area contributed by atoms with Crippen LogP contribution in [0, 0.1) is 5.41 Å². The van der Waals surface area contributed by atoms with E-state index in [-0.39, 0.29) is 0 Å². The molecule has 0 fully saturated rings.